The van der Waals surface area contributed by atoms with Gasteiger partial charge < -0.3 is 27.5 Å². The Bertz CT molecular complexity index is 4850. The third-order valence-corrected chi connectivity index (χ3v) is 16.7. The van der Waals surface area contributed by atoms with Gasteiger partial charge in [-0.1, -0.05) is 168 Å². The summed E-state index contributed by atoms with van der Waals surface area (Å²) in [6.07, 6.45) is 5.36. The maximum absolute atomic E-state index is 7.06. The van der Waals surface area contributed by atoms with Gasteiger partial charge in [0.05, 0.1) is 34.1 Å². The highest BCUT2D eigenvalue weighted by atomic mass is 16.3. The average Bonchev–Trinajstić information content (AvgIpc) is 4.35. The van der Waals surface area contributed by atoms with E-state index in [1.54, 1.807) is 0 Å². The van der Waals surface area contributed by atoms with Gasteiger partial charge in [-0.3, -0.25) is 0 Å². The number of allylic oxidation sites excluding steroid dienone is 1. The molecule has 0 aliphatic heterocycles. The van der Waals surface area contributed by atoms with Crippen LogP contribution in [0, 0.1) is 5.92 Å². The van der Waals surface area contributed by atoms with Gasteiger partial charge in [-0.15, -0.1) is 0 Å². The van der Waals surface area contributed by atoms with Crippen molar-refractivity contribution in [1.29, 1.82) is 0 Å². The van der Waals surface area contributed by atoms with E-state index >= 15 is 0 Å². The summed E-state index contributed by atoms with van der Waals surface area (Å²) in [6.45, 7) is 11.6. The lowest BCUT2D eigenvalue weighted by molar-refractivity contribution is 0.584. The van der Waals surface area contributed by atoms with Crippen LogP contribution < -0.4 is 9.80 Å². The van der Waals surface area contributed by atoms with Gasteiger partial charge >= 0.3 is 0 Å². The molecule has 1 aliphatic rings. The number of hydrogen-bond donors (Lipinski definition) is 0. The zero-order valence-electron chi connectivity index (χ0n) is 43.4. The van der Waals surface area contributed by atoms with Gasteiger partial charge in [0.15, 0.2) is 22.3 Å². The Kier molecular flexibility index (Phi) is 9.37. The van der Waals surface area contributed by atoms with E-state index in [4.69, 9.17) is 17.7 Å². The molecule has 0 saturated carbocycles. The third-order valence-electron chi connectivity index (χ3n) is 16.7. The molecule has 16 rings (SSSR count). The first kappa shape index (κ1) is 44.1. The normalized spacial score (nSPS) is 14.0. The number of anilines is 6. The Morgan fingerprint density at radius 2 is 0.727 bits per heavy atom. The molecule has 1 unspecified atom stereocenters. The summed E-state index contributed by atoms with van der Waals surface area (Å²) in [6, 6.07) is 65.8. The van der Waals surface area contributed by atoms with Crippen molar-refractivity contribution >= 4 is 149 Å². The van der Waals surface area contributed by atoms with Crippen LogP contribution in [0.5, 0.6) is 0 Å². The smallest absolute Gasteiger partial charge is 0.159 e. The maximum atomic E-state index is 7.06. The van der Waals surface area contributed by atoms with E-state index in [2.05, 4.69) is 226 Å². The molecule has 0 radical (unpaired) electrons. The topological polar surface area (TPSA) is 59.0 Å². The highest BCUT2D eigenvalue weighted by Gasteiger charge is 2.31. The summed E-state index contributed by atoms with van der Waals surface area (Å²) >= 11 is 0. The maximum Gasteiger partial charge on any atom is 0.159 e. The standard InChI is InChI=1S/C71H52N2O4/c1-39(2)53-37-60(72(56-23-12-19-47-42-16-6-9-27-62(42)74-68(47)56)57-24-13-20-48-43-17-7-10-28-63(43)75-69(48)57)51-33-31-46-54(40(3)4)38-61(52-34-32-45(53)66(51)67(46)52)73(58-25-14-21-49-44-18-8-11-29-64(44)76-70(49)58)59-26-15-22-50-55-36-41(5)30-35-65(55)77-71(50)59/h6-35,37-41H,36H2,1-5H3. The van der Waals surface area contributed by atoms with E-state index in [-0.39, 0.29) is 11.8 Å². The number of nitrogens with zero attached hydrogens (tertiary/aromatic N) is 2. The van der Waals surface area contributed by atoms with E-state index < -0.39 is 0 Å². The fraction of sp³-hybridized carbons (Fsp3) is 0.127. The van der Waals surface area contributed by atoms with Crippen LogP contribution in [0.25, 0.3) is 115 Å². The molecule has 1 atom stereocenters. The first-order valence-electron chi connectivity index (χ1n) is 27.1. The van der Waals surface area contributed by atoms with Crippen molar-refractivity contribution in [2.75, 3.05) is 9.80 Å². The molecule has 0 amide bonds. The van der Waals surface area contributed by atoms with Gasteiger partial charge in [-0.2, -0.15) is 0 Å². The molecule has 6 nitrogen and oxygen atoms in total. The summed E-state index contributed by atoms with van der Waals surface area (Å²) in [5, 5.41) is 14.8. The Hall–Kier alpha value is -9.26. The second-order valence-corrected chi connectivity index (χ2v) is 21.9. The van der Waals surface area contributed by atoms with E-state index in [9.17, 15) is 0 Å². The first-order chi connectivity index (χ1) is 37.8. The number of benzene rings is 11. The number of furan rings is 4. The lowest BCUT2D eigenvalue weighted by atomic mass is 9.84. The number of para-hydroxylation sites is 7. The van der Waals surface area contributed by atoms with Crippen molar-refractivity contribution in [1.82, 2.24) is 0 Å². The molecular weight excluding hydrogens is 945 g/mol. The fourth-order valence-electron chi connectivity index (χ4n) is 13.2. The van der Waals surface area contributed by atoms with E-state index in [0.29, 0.717) is 5.92 Å². The first-order valence-corrected chi connectivity index (χ1v) is 27.1. The van der Waals surface area contributed by atoms with E-state index in [0.717, 1.165) is 134 Å². The zero-order chi connectivity index (χ0) is 51.4. The molecule has 0 spiro atoms. The molecule has 1 aliphatic carbocycles. The third kappa shape index (κ3) is 6.30. The average molecular weight is 997 g/mol. The van der Waals surface area contributed by atoms with Crippen molar-refractivity contribution in [2.24, 2.45) is 5.92 Å². The lowest BCUT2D eigenvalue weighted by Gasteiger charge is -2.31. The van der Waals surface area contributed by atoms with Gasteiger partial charge in [0.25, 0.3) is 0 Å². The molecule has 15 aromatic rings. The minimum atomic E-state index is 0.176. The summed E-state index contributed by atoms with van der Waals surface area (Å²) in [7, 11) is 0. The number of fused-ring (bicyclic) bond motifs is 12. The number of hydrogen-bond acceptors (Lipinski definition) is 6. The molecule has 0 fully saturated rings. The Morgan fingerprint density at radius 1 is 0.364 bits per heavy atom. The molecule has 11 aromatic carbocycles. The highest BCUT2D eigenvalue weighted by Crippen LogP contribution is 2.55. The van der Waals surface area contributed by atoms with Gasteiger partial charge in [0.1, 0.15) is 22.5 Å². The van der Waals surface area contributed by atoms with Crippen LogP contribution >= 0.6 is 0 Å². The SMILES string of the molecule is CC1C=Cc2oc3c(N(c4cc(C(C)C)c5ccc6c(N(c7cccc8c7oc7ccccc78)c7cccc8c7oc7ccccc78)cc(C(C)C)c7ccc4c5c76)c4cccc5c4oc4ccccc45)cccc3c2C1. The van der Waals surface area contributed by atoms with Crippen molar-refractivity contribution in [3.8, 4) is 0 Å². The van der Waals surface area contributed by atoms with Crippen LogP contribution in [0.2, 0.25) is 0 Å². The summed E-state index contributed by atoms with van der Waals surface area (Å²) in [4.78, 5) is 4.86. The lowest BCUT2D eigenvalue weighted by Crippen LogP contribution is -2.13. The zero-order valence-corrected chi connectivity index (χ0v) is 43.4. The van der Waals surface area contributed by atoms with Crippen LogP contribution in [0.15, 0.2) is 206 Å². The number of rotatable bonds is 8. The predicted octanol–water partition coefficient (Wildman–Crippen LogP) is 21.4. The monoisotopic (exact) mass is 996 g/mol. The second kappa shape index (κ2) is 16.4. The highest BCUT2D eigenvalue weighted by molar-refractivity contribution is 6.30. The predicted molar refractivity (Wildman–Crippen MR) is 321 cm³/mol. The molecule has 0 bridgehead atoms. The molecule has 0 N–H and O–H groups in total. The molecule has 4 heterocycles. The molecular formula is C71H52N2O4. The van der Waals surface area contributed by atoms with Crippen molar-refractivity contribution in [2.45, 2.75) is 52.9 Å². The van der Waals surface area contributed by atoms with Crippen molar-refractivity contribution in [3.05, 3.63) is 211 Å². The van der Waals surface area contributed by atoms with Crippen LogP contribution in [-0.4, -0.2) is 0 Å². The van der Waals surface area contributed by atoms with Crippen LogP contribution in [0.3, 0.4) is 0 Å². The quantitative estimate of drug-likeness (QED) is 0.141. The van der Waals surface area contributed by atoms with Crippen molar-refractivity contribution < 1.29 is 17.7 Å². The minimum absolute atomic E-state index is 0.176. The largest absolute Gasteiger partial charge is 0.454 e. The van der Waals surface area contributed by atoms with E-state index in [1.807, 2.05) is 12.1 Å². The van der Waals surface area contributed by atoms with Gasteiger partial charge in [0.2, 0.25) is 0 Å². The Labute approximate surface area is 443 Å². The molecule has 370 valence electrons. The van der Waals surface area contributed by atoms with Gasteiger partial charge in [-0.25, -0.2) is 0 Å². The van der Waals surface area contributed by atoms with Crippen LogP contribution in [0.4, 0.5) is 34.1 Å². The molecule has 77 heavy (non-hydrogen) atoms. The molecule has 6 heteroatoms. The molecule has 0 saturated heterocycles. The second-order valence-electron chi connectivity index (χ2n) is 21.9. The minimum Gasteiger partial charge on any atom is -0.454 e. The van der Waals surface area contributed by atoms with Gasteiger partial charge in [-0.05, 0) is 118 Å². The van der Waals surface area contributed by atoms with Crippen molar-refractivity contribution in [3.63, 3.8) is 0 Å². The Morgan fingerprint density at radius 3 is 1.14 bits per heavy atom. The van der Waals surface area contributed by atoms with E-state index in [1.165, 1.54) is 38.2 Å². The molecule has 4 aromatic heterocycles. The van der Waals surface area contributed by atoms with Gasteiger partial charge in [0, 0.05) is 54.0 Å². The van der Waals surface area contributed by atoms with Crippen LogP contribution in [0.1, 0.15) is 68.9 Å². The van der Waals surface area contributed by atoms with Crippen LogP contribution in [-0.2, 0) is 6.42 Å². The fourth-order valence-corrected chi connectivity index (χ4v) is 13.2. The Balaban J connectivity index is 1.04. The summed E-state index contributed by atoms with van der Waals surface area (Å²) < 4.78 is 28.0. The summed E-state index contributed by atoms with van der Waals surface area (Å²) in [5.41, 5.74) is 15.5. The summed E-state index contributed by atoms with van der Waals surface area (Å²) in [5.74, 6) is 1.70.